The number of hydrogen-bond acceptors (Lipinski definition) is 3. The Kier molecular flexibility index (Phi) is 4.32. The van der Waals surface area contributed by atoms with Gasteiger partial charge in [0.15, 0.2) is 0 Å². The Bertz CT molecular complexity index is 438. The van der Waals surface area contributed by atoms with E-state index in [2.05, 4.69) is 21.2 Å². The zero-order chi connectivity index (χ0) is 12.1. The molecule has 0 saturated carbocycles. The molecule has 0 aliphatic rings. The number of hydrogen-bond donors (Lipinski definition) is 1. The van der Waals surface area contributed by atoms with Gasteiger partial charge in [-0.15, -0.1) is 0 Å². The first-order valence-corrected chi connectivity index (χ1v) is 5.53. The van der Waals surface area contributed by atoms with Gasteiger partial charge in [0.2, 0.25) is 5.91 Å². The predicted octanol–water partition coefficient (Wildman–Crippen LogP) is 2.29. The molecule has 1 atom stereocenters. The van der Waals surface area contributed by atoms with E-state index in [4.69, 9.17) is 10.00 Å². The quantitative estimate of drug-likeness (QED) is 0.866. The summed E-state index contributed by atoms with van der Waals surface area (Å²) in [5.74, 6) is 0.251. The third-order valence-electron chi connectivity index (χ3n) is 1.98. The van der Waals surface area contributed by atoms with Gasteiger partial charge in [-0.05, 0) is 19.1 Å². The van der Waals surface area contributed by atoms with Crippen LogP contribution in [0.25, 0.3) is 0 Å². The molecule has 1 aromatic carbocycles. The smallest absolute Gasteiger partial charge is 0.238 e. The van der Waals surface area contributed by atoms with Crippen LogP contribution in [0.5, 0.6) is 5.75 Å². The van der Waals surface area contributed by atoms with E-state index in [1.807, 2.05) is 6.07 Å². The van der Waals surface area contributed by atoms with Gasteiger partial charge in [0.1, 0.15) is 17.5 Å². The fourth-order valence-electron chi connectivity index (χ4n) is 1.15. The zero-order valence-corrected chi connectivity index (χ0v) is 10.5. The van der Waals surface area contributed by atoms with Crippen LogP contribution in [0.1, 0.15) is 12.5 Å². The highest BCUT2D eigenvalue weighted by molar-refractivity contribution is 9.10. The van der Waals surface area contributed by atoms with Gasteiger partial charge in [-0.25, -0.2) is 0 Å². The van der Waals surface area contributed by atoms with Crippen molar-refractivity contribution in [2.75, 3.05) is 12.4 Å². The molecule has 16 heavy (non-hydrogen) atoms. The first kappa shape index (κ1) is 12.5. The van der Waals surface area contributed by atoms with Crippen molar-refractivity contribution in [3.05, 3.63) is 23.8 Å². The van der Waals surface area contributed by atoms with Crippen molar-refractivity contribution in [2.45, 2.75) is 11.8 Å². The third-order valence-corrected chi connectivity index (χ3v) is 2.39. The fourth-order valence-corrected chi connectivity index (χ4v) is 1.26. The highest BCUT2D eigenvalue weighted by atomic mass is 79.9. The fraction of sp³-hybridized carbons (Fsp3) is 0.273. The van der Waals surface area contributed by atoms with E-state index < -0.39 is 0 Å². The summed E-state index contributed by atoms with van der Waals surface area (Å²) >= 11 is 3.15. The normalized spacial score (nSPS) is 11.4. The molecule has 0 aromatic heterocycles. The zero-order valence-electron chi connectivity index (χ0n) is 8.95. The summed E-state index contributed by atoms with van der Waals surface area (Å²) in [6.07, 6.45) is 0. The number of para-hydroxylation sites is 1. The number of anilines is 1. The second-order valence-corrected chi connectivity index (χ2v) is 4.47. The SMILES string of the molecule is COc1cccc(C#N)c1NC(=O)C(C)Br. The molecule has 0 heterocycles. The molecule has 1 aromatic rings. The van der Waals surface area contributed by atoms with Crippen molar-refractivity contribution in [3.8, 4) is 11.8 Å². The summed E-state index contributed by atoms with van der Waals surface area (Å²) in [5.41, 5.74) is 0.782. The van der Waals surface area contributed by atoms with Gasteiger partial charge < -0.3 is 10.1 Å². The third kappa shape index (κ3) is 2.74. The molecule has 0 spiro atoms. The number of nitrogens with zero attached hydrogens (tertiary/aromatic N) is 1. The van der Waals surface area contributed by atoms with Crippen LogP contribution in [0.3, 0.4) is 0 Å². The van der Waals surface area contributed by atoms with Crippen LogP contribution in [-0.4, -0.2) is 17.8 Å². The Balaban J connectivity index is 3.10. The van der Waals surface area contributed by atoms with E-state index in [9.17, 15) is 4.79 Å². The standard InChI is InChI=1S/C11H11BrN2O2/c1-7(12)11(15)14-10-8(6-13)4-3-5-9(10)16-2/h3-5,7H,1-2H3,(H,14,15). The lowest BCUT2D eigenvalue weighted by Gasteiger charge is -2.12. The molecule has 1 rings (SSSR count). The van der Waals surface area contributed by atoms with Crippen LogP contribution in [0.15, 0.2) is 18.2 Å². The summed E-state index contributed by atoms with van der Waals surface area (Å²) in [4.78, 5) is 11.2. The van der Waals surface area contributed by atoms with Crippen molar-refractivity contribution >= 4 is 27.5 Å². The molecule has 0 aliphatic heterocycles. The lowest BCUT2D eigenvalue weighted by atomic mass is 10.1. The molecule has 84 valence electrons. The number of carbonyl (C=O) groups is 1. The first-order chi connectivity index (χ1) is 7.60. The van der Waals surface area contributed by atoms with E-state index >= 15 is 0 Å². The van der Waals surface area contributed by atoms with Gasteiger partial charge in [0.05, 0.1) is 17.5 Å². The molecule has 1 unspecified atom stereocenters. The van der Waals surface area contributed by atoms with Gasteiger partial charge in [-0.2, -0.15) is 5.26 Å². The predicted molar refractivity (Wildman–Crippen MR) is 64.7 cm³/mol. The summed E-state index contributed by atoms with van der Waals surface area (Å²) in [7, 11) is 1.49. The summed E-state index contributed by atoms with van der Waals surface area (Å²) < 4.78 is 5.09. The van der Waals surface area contributed by atoms with Gasteiger partial charge in [-0.3, -0.25) is 4.79 Å². The number of rotatable bonds is 3. The number of benzene rings is 1. The molecule has 0 aliphatic carbocycles. The maximum atomic E-state index is 11.5. The molecule has 0 radical (unpaired) electrons. The highest BCUT2D eigenvalue weighted by Crippen LogP contribution is 2.28. The maximum absolute atomic E-state index is 11.5. The van der Waals surface area contributed by atoms with E-state index in [0.29, 0.717) is 17.0 Å². The number of nitriles is 1. The number of methoxy groups -OCH3 is 1. The van der Waals surface area contributed by atoms with Crippen molar-refractivity contribution in [1.29, 1.82) is 5.26 Å². The monoisotopic (exact) mass is 282 g/mol. The Labute approximate surface area is 102 Å². The highest BCUT2D eigenvalue weighted by Gasteiger charge is 2.14. The molecule has 4 nitrogen and oxygen atoms in total. The molecular weight excluding hydrogens is 272 g/mol. The average molecular weight is 283 g/mol. The van der Waals surface area contributed by atoms with Crippen molar-refractivity contribution in [3.63, 3.8) is 0 Å². The van der Waals surface area contributed by atoms with Crippen LogP contribution in [0.2, 0.25) is 0 Å². The molecule has 0 fully saturated rings. The number of carbonyl (C=O) groups excluding carboxylic acids is 1. The van der Waals surface area contributed by atoms with Gasteiger partial charge in [0.25, 0.3) is 0 Å². The minimum Gasteiger partial charge on any atom is -0.495 e. The molecule has 1 N–H and O–H groups in total. The van der Waals surface area contributed by atoms with Crippen LogP contribution in [0.4, 0.5) is 5.69 Å². The number of halogens is 1. The molecule has 0 saturated heterocycles. The van der Waals surface area contributed by atoms with E-state index in [1.165, 1.54) is 7.11 Å². The van der Waals surface area contributed by atoms with Gasteiger partial charge in [-0.1, -0.05) is 22.0 Å². The topological polar surface area (TPSA) is 62.1 Å². The van der Waals surface area contributed by atoms with Crippen molar-refractivity contribution < 1.29 is 9.53 Å². The number of alkyl halides is 1. The van der Waals surface area contributed by atoms with Gasteiger partial charge in [0, 0.05) is 0 Å². The lowest BCUT2D eigenvalue weighted by Crippen LogP contribution is -2.20. The van der Waals surface area contributed by atoms with Crippen LogP contribution >= 0.6 is 15.9 Å². The largest absolute Gasteiger partial charge is 0.495 e. The Morgan fingerprint density at radius 1 is 1.62 bits per heavy atom. The average Bonchev–Trinajstić information content (AvgIpc) is 2.29. The second-order valence-electron chi connectivity index (χ2n) is 3.10. The van der Waals surface area contributed by atoms with E-state index in [-0.39, 0.29) is 10.7 Å². The van der Waals surface area contributed by atoms with Crippen molar-refractivity contribution in [1.82, 2.24) is 0 Å². The Morgan fingerprint density at radius 3 is 2.81 bits per heavy atom. The van der Waals surface area contributed by atoms with E-state index in [1.54, 1.807) is 25.1 Å². The first-order valence-electron chi connectivity index (χ1n) is 4.62. The maximum Gasteiger partial charge on any atom is 0.238 e. The van der Waals surface area contributed by atoms with Crippen LogP contribution < -0.4 is 10.1 Å². The summed E-state index contributed by atoms with van der Waals surface area (Å²) in [6.45, 7) is 1.71. The number of nitrogens with one attached hydrogen (secondary N) is 1. The molecular formula is C11H11BrN2O2. The van der Waals surface area contributed by atoms with Gasteiger partial charge >= 0.3 is 0 Å². The molecule has 5 heteroatoms. The summed E-state index contributed by atoms with van der Waals surface area (Å²) in [5, 5.41) is 11.6. The minimum absolute atomic E-state index is 0.221. The number of amides is 1. The van der Waals surface area contributed by atoms with Crippen LogP contribution in [-0.2, 0) is 4.79 Å². The number of ether oxygens (including phenoxy) is 1. The molecule has 1 amide bonds. The lowest BCUT2D eigenvalue weighted by molar-refractivity contribution is -0.115. The minimum atomic E-state index is -0.330. The second kappa shape index (κ2) is 5.52. The van der Waals surface area contributed by atoms with Crippen LogP contribution in [0, 0.1) is 11.3 Å². The van der Waals surface area contributed by atoms with E-state index in [0.717, 1.165) is 0 Å². The Hall–Kier alpha value is -1.54. The molecule has 0 bridgehead atoms. The summed E-state index contributed by atoms with van der Waals surface area (Å²) in [6, 6.07) is 7.02. The Morgan fingerprint density at radius 2 is 2.31 bits per heavy atom. The van der Waals surface area contributed by atoms with Crippen molar-refractivity contribution in [2.24, 2.45) is 0 Å².